The molecule has 4 rings (SSSR count). The number of rotatable bonds is 6. The molecule has 0 bridgehead atoms. The minimum Gasteiger partial charge on any atom is -0.395 e. The van der Waals surface area contributed by atoms with Gasteiger partial charge in [0, 0.05) is 19.2 Å². The van der Waals surface area contributed by atoms with Crippen LogP contribution in [0.15, 0.2) is 54.7 Å². The molecule has 0 fully saturated rings. The number of amides is 1. The highest BCUT2D eigenvalue weighted by atomic mass is 35.5. The zero-order chi connectivity index (χ0) is 22.0. The second-order valence-electron chi connectivity index (χ2n) is 6.71. The lowest BCUT2D eigenvalue weighted by molar-refractivity contribution is 0.102. The SMILES string of the molecule is CN(CCO)c1cccc(NC(=O)c2cnc3ccc(-c4cccc(Cl)c4F)nn23)n1. The molecule has 8 nitrogen and oxygen atoms in total. The van der Waals surface area contributed by atoms with Crippen LogP contribution < -0.4 is 10.2 Å². The second-order valence-corrected chi connectivity index (χ2v) is 7.12. The molecule has 3 aromatic heterocycles. The maximum absolute atomic E-state index is 14.4. The number of halogens is 2. The molecule has 4 aromatic rings. The Morgan fingerprint density at radius 1 is 1.23 bits per heavy atom. The highest BCUT2D eigenvalue weighted by Crippen LogP contribution is 2.26. The standard InChI is InChI=1S/C21H18ClFN6O2/c1-28(10-11-30)19-7-3-6-17(25-19)26-21(31)16-12-24-18-9-8-15(27-29(16)18)13-4-2-5-14(22)20(13)23/h2-9,12,30H,10-11H2,1H3,(H,25,26,31). The van der Waals surface area contributed by atoms with Gasteiger partial charge < -0.3 is 15.3 Å². The van der Waals surface area contributed by atoms with Gasteiger partial charge in [-0.3, -0.25) is 4.79 Å². The average Bonchev–Trinajstić information content (AvgIpc) is 3.19. The van der Waals surface area contributed by atoms with Gasteiger partial charge in [-0.1, -0.05) is 23.7 Å². The maximum Gasteiger partial charge on any atom is 0.277 e. The lowest BCUT2D eigenvalue weighted by Crippen LogP contribution is -2.23. The molecule has 1 amide bonds. The van der Waals surface area contributed by atoms with Crippen LogP contribution in [0.1, 0.15) is 10.5 Å². The van der Waals surface area contributed by atoms with Crippen molar-refractivity contribution in [1.29, 1.82) is 0 Å². The topological polar surface area (TPSA) is 95.7 Å². The molecule has 31 heavy (non-hydrogen) atoms. The molecule has 3 heterocycles. The van der Waals surface area contributed by atoms with Crippen LogP contribution in [0.4, 0.5) is 16.0 Å². The molecule has 0 saturated carbocycles. The van der Waals surface area contributed by atoms with Crippen molar-refractivity contribution in [2.24, 2.45) is 0 Å². The molecule has 0 atom stereocenters. The first-order chi connectivity index (χ1) is 15.0. The highest BCUT2D eigenvalue weighted by molar-refractivity contribution is 6.31. The fraction of sp³-hybridized carbons (Fsp3) is 0.143. The Morgan fingerprint density at radius 3 is 2.84 bits per heavy atom. The lowest BCUT2D eigenvalue weighted by Gasteiger charge is -2.17. The number of benzene rings is 1. The molecule has 0 saturated heterocycles. The first kappa shape index (κ1) is 20.7. The number of aliphatic hydroxyl groups excluding tert-OH is 1. The predicted octanol–water partition coefficient (Wildman–Crippen LogP) is 3.26. The number of likely N-dealkylation sites (N-methyl/N-ethyl adjacent to an activating group) is 1. The number of pyridine rings is 1. The molecule has 0 spiro atoms. The van der Waals surface area contributed by atoms with E-state index in [1.54, 1.807) is 54.4 Å². The number of hydrogen-bond donors (Lipinski definition) is 2. The van der Waals surface area contributed by atoms with E-state index in [1.807, 2.05) is 0 Å². The van der Waals surface area contributed by atoms with Crippen LogP contribution >= 0.6 is 11.6 Å². The van der Waals surface area contributed by atoms with E-state index < -0.39 is 11.7 Å². The van der Waals surface area contributed by atoms with Crippen LogP contribution in [0.3, 0.4) is 0 Å². The number of carbonyl (C=O) groups excluding carboxylic acids is 1. The van der Waals surface area contributed by atoms with Crippen LogP contribution in [0.25, 0.3) is 16.9 Å². The first-order valence-electron chi connectivity index (χ1n) is 9.37. The number of anilines is 2. The van der Waals surface area contributed by atoms with Gasteiger partial charge in [0.2, 0.25) is 0 Å². The Balaban J connectivity index is 1.65. The number of nitrogens with zero attached hydrogens (tertiary/aromatic N) is 5. The smallest absolute Gasteiger partial charge is 0.277 e. The molecule has 0 aliphatic rings. The molecule has 10 heteroatoms. The van der Waals surface area contributed by atoms with E-state index in [0.717, 1.165) is 0 Å². The zero-order valence-corrected chi connectivity index (χ0v) is 17.2. The van der Waals surface area contributed by atoms with E-state index in [0.29, 0.717) is 29.5 Å². The van der Waals surface area contributed by atoms with E-state index >= 15 is 0 Å². The van der Waals surface area contributed by atoms with Gasteiger partial charge in [-0.2, -0.15) is 5.10 Å². The minimum atomic E-state index is -0.588. The summed E-state index contributed by atoms with van der Waals surface area (Å²) in [6.45, 7) is 0.391. The third kappa shape index (κ3) is 4.18. The van der Waals surface area contributed by atoms with Crippen LogP contribution in [-0.2, 0) is 0 Å². The van der Waals surface area contributed by atoms with Crippen molar-refractivity contribution in [1.82, 2.24) is 19.6 Å². The van der Waals surface area contributed by atoms with E-state index in [-0.39, 0.29) is 22.9 Å². The van der Waals surface area contributed by atoms with Crippen molar-refractivity contribution in [2.45, 2.75) is 0 Å². The maximum atomic E-state index is 14.4. The van der Waals surface area contributed by atoms with Gasteiger partial charge in [0.1, 0.15) is 11.6 Å². The monoisotopic (exact) mass is 440 g/mol. The van der Waals surface area contributed by atoms with Crippen molar-refractivity contribution in [3.63, 3.8) is 0 Å². The van der Waals surface area contributed by atoms with Crippen molar-refractivity contribution < 1.29 is 14.3 Å². The number of aromatic nitrogens is 4. The quantitative estimate of drug-likeness (QED) is 0.478. The van der Waals surface area contributed by atoms with E-state index in [9.17, 15) is 9.18 Å². The summed E-state index contributed by atoms with van der Waals surface area (Å²) < 4.78 is 15.8. The van der Waals surface area contributed by atoms with Crippen molar-refractivity contribution in [3.8, 4) is 11.3 Å². The Bertz CT molecular complexity index is 1260. The molecular formula is C21H18ClFN6O2. The summed E-state index contributed by atoms with van der Waals surface area (Å²) in [6.07, 6.45) is 1.39. The first-order valence-corrected chi connectivity index (χ1v) is 9.75. The van der Waals surface area contributed by atoms with Gasteiger partial charge in [-0.05, 0) is 36.4 Å². The van der Waals surface area contributed by atoms with Crippen LogP contribution in [-0.4, -0.2) is 50.8 Å². The van der Waals surface area contributed by atoms with E-state index in [1.165, 1.54) is 16.8 Å². The Kier molecular flexibility index (Phi) is 5.79. The number of aliphatic hydroxyl groups is 1. The molecule has 0 aliphatic heterocycles. The molecule has 0 aliphatic carbocycles. The van der Waals surface area contributed by atoms with Crippen molar-refractivity contribution >= 4 is 34.8 Å². The summed E-state index contributed by atoms with van der Waals surface area (Å²) in [5.41, 5.74) is 1.12. The van der Waals surface area contributed by atoms with Crippen LogP contribution in [0, 0.1) is 5.82 Å². The lowest BCUT2D eigenvalue weighted by atomic mass is 10.1. The zero-order valence-electron chi connectivity index (χ0n) is 16.5. The molecule has 0 radical (unpaired) electrons. The Hall–Kier alpha value is -3.56. The van der Waals surface area contributed by atoms with Crippen LogP contribution in [0.5, 0.6) is 0 Å². The number of hydrogen-bond acceptors (Lipinski definition) is 6. The van der Waals surface area contributed by atoms with E-state index in [4.69, 9.17) is 16.7 Å². The average molecular weight is 441 g/mol. The highest BCUT2D eigenvalue weighted by Gasteiger charge is 2.17. The number of imidazole rings is 1. The summed E-state index contributed by atoms with van der Waals surface area (Å²) in [5.74, 6) is -0.130. The Morgan fingerprint density at radius 2 is 2.03 bits per heavy atom. The third-order valence-electron chi connectivity index (χ3n) is 4.62. The summed E-state index contributed by atoms with van der Waals surface area (Å²) >= 11 is 5.88. The van der Waals surface area contributed by atoms with Gasteiger partial charge in [0.05, 0.1) is 23.5 Å². The predicted molar refractivity (Wildman–Crippen MR) is 116 cm³/mol. The van der Waals surface area contributed by atoms with Crippen molar-refractivity contribution in [2.75, 3.05) is 30.4 Å². The summed E-state index contributed by atoms with van der Waals surface area (Å²) in [7, 11) is 1.79. The van der Waals surface area contributed by atoms with Gasteiger partial charge >= 0.3 is 0 Å². The molecule has 0 unspecified atom stereocenters. The van der Waals surface area contributed by atoms with Crippen molar-refractivity contribution in [3.05, 3.63) is 71.3 Å². The molecular weight excluding hydrogens is 423 g/mol. The van der Waals surface area contributed by atoms with Gasteiger partial charge in [-0.25, -0.2) is 18.9 Å². The normalized spacial score (nSPS) is 11.0. The minimum absolute atomic E-state index is 0.0138. The van der Waals surface area contributed by atoms with Crippen LogP contribution in [0.2, 0.25) is 5.02 Å². The van der Waals surface area contributed by atoms with Gasteiger partial charge in [0.15, 0.2) is 17.2 Å². The third-order valence-corrected chi connectivity index (χ3v) is 4.92. The summed E-state index contributed by atoms with van der Waals surface area (Å²) in [6, 6.07) is 13.1. The van der Waals surface area contributed by atoms with E-state index in [2.05, 4.69) is 20.4 Å². The fourth-order valence-corrected chi connectivity index (χ4v) is 3.20. The number of fused-ring (bicyclic) bond motifs is 1. The fourth-order valence-electron chi connectivity index (χ4n) is 3.02. The number of nitrogens with one attached hydrogen (secondary N) is 1. The van der Waals surface area contributed by atoms with Gasteiger partial charge in [0.25, 0.3) is 5.91 Å². The summed E-state index contributed by atoms with van der Waals surface area (Å²) in [4.78, 5) is 23.2. The molecule has 158 valence electrons. The second kappa shape index (κ2) is 8.66. The largest absolute Gasteiger partial charge is 0.395 e. The summed E-state index contributed by atoms with van der Waals surface area (Å²) in [5, 5.41) is 16.2. The molecule has 1 aromatic carbocycles. The Labute approximate surface area is 181 Å². The number of carbonyl (C=O) groups is 1. The van der Waals surface area contributed by atoms with Gasteiger partial charge in [-0.15, -0.1) is 0 Å². The molecule has 2 N–H and O–H groups in total.